The summed E-state index contributed by atoms with van der Waals surface area (Å²) in [6.45, 7) is 2.28. The van der Waals surface area contributed by atoms with Crippen molar-refractivity contribution >= 4 is 11.0 Å². The number of piperidine rings is 1. The Morgan fingerprint density at radius 3 is 2.95 bits per heavy atom. The van der Waals surface area contributed by atoms with Gasteiger partial charge >= 0.3 is 0 Å². The molecule has 4 heteroatoms. The van der Waals surface area contributed by atoms with Crippen LogP contribution < -0.4 is 5.32 Å². The smallest absolute Gasteiger partial charge is 0.151 e. The first-order chi connectivity index (χ1) is 10.3. The quantitative estimate of drug-likeness (QED) is 0.933. The van der Waals surface area contributed by atoms with Crippen molar-refractivity contribution in [1.82, 2.24) is 14.9 Å². The van der Waals surface area contributed by atoms with Gasteiger partial charge in [-0.3, -0.25) is 0 Å². The SMILES string of the molecule is Fc1cccc2c1nc(CCC1CCCNC1)n2C1CC1. The van der Waals surface area contributed by atoms with Gasteiger partial charge in [0, 0.05) is 12.5 Å². The van der Waals surface area contributed by atoms with Gasteiger partial charge in [-0.05, 0) is 63.2 Å². The van der Waals surface area contributed by atoms with Gasteiger partial charge in [-0.1, -0.05) is 6.07 Å². The summed E-state index contributed by atoms with van der Waals surface area (Å²) in [5.41, 5.74) is 1.54. The van der Waals surface area contributed by atoms with Crippen LogP contribution in [0.2, 0.25) is 0 Å². The van der Waals surface area contributed by atoms with E-state index in [1.54, 1.807) is 6.07 Å². The molecule has 2 heterocycles. The fourth-order valence-electron chi connectivity index (χ4n) is 3.55. The zero-order valence-electron chi connectivity index (χ0n) is 12.3. The Morgan fingerprint density at radius 1 is 1.29 bits per heavy atom. The first-order valence-electron chi connectivity index (χ1n) is 8.19. The lowest BCUT2D eigenvalue weighted by molar-refractivity contribution is 0.354. The number of nitrogens with one attached hydrogen (secondary N) is 1. The van der Waals surface area contributed by atoms with Gasteiger partial charge in [0.05, 0.1) is 5.52 Å². The van der Waals surface area contributed by atoms with Crippen molar-refractivity contribution in [1.29, 1.82) is 0 Å². The number of rotatable bonds is 4. The Kier molecular flexibility index (Phi) is 3.42. The zero-order valence-corrected chi connectivity index (χ0v) is 12.3. The molecule has 0 spiro atoms. The van der Waals surface area contributed by atoms with Crippen LogP contribution in [0.5, 0.6) is 0 Å². The molecule has 1 aliphatic heterocycles. The summed E-state index contributed by atoms with van der Waals surface area (Å²) in [6.07, 6.45) is 7.13. The van der Waals surface area contributed by atoms with E-state index in [-0.39, 0.29) is 5.82 Å². The maximum atomic E-state index is 14.0. The van der Waals surface area contributed by atoms with Gasteiger partial charge in [0.2, 0.25) is 0 Å². The van der Waals surface area contributed by atoms with Gasteiger partial charge in [-0.15, -0.1) is 0 Å². The molecule has 21 heavy (non-hydrogen) atoms. The molecule has 3 nitrogen and oxygen atoms in total. The lowest BCUT2D eigenvalue weighted by Gasteiger charge is -2.22. The van der Waals surface area contributed by atoms with Crippen molar-refractivity contribution in [2.45, 2.75) is 44.6 Å². The zero-order chi connectivity index (χ0) is 14.2. The third kappa shape index (κ3) is 2.57. The summed E-state index contributed by atoms with van der Waals surface area (Å²) in [4.78, 5) is 4.63. The van der Waals surface area contributed by atoms with Crippen molar-refractivity contribution in [3.05, 3.63) is 29.8 Å². The summed E-state index contributed by atoms with van der Waals surface area (Å²) in [5.74, 6) is 1.65. The minimum Gasteiger partial charge on any atom is -0.325 e. The number of nitrogens with zero attached hydrogens (tertiary/aromatic N) is 2. The lowest BCUT2D eigenvalue weighted by atomic mass is 9.94. The lowest BCUT2D eigenvalue weighted by Crippen LogP contribution is -2.30. The molecule has 0 amide bonds. The van der Waals surface area contributed by atoms with Crippen molar-refractivity contribution in [2.75, 3.05) is 13.1 Å². The summed E-state index contributed by atoms with van der Waals surface area (Å²) in [7, 11) is 0. The summed E-state index contributed by atoms with van der Waals surface area (Å²) in [5, 5.41) is 3.47. The van der Waals surface area contributed by atoms with Crippen LogP contribution in [0, 0.1) is 11.7 Å². The minimum absolute atomic E-state index is 0.188. The third-order valence-electron chi connectivity index (χ3n) is 4.83. The molecule has 1 aromatic carbocycles. The molecule has 0 bridgehead atoms. The molecule has 4 rings (SSSR count). The largest absolute Gasteiger partial charge is 0.325 e. The second-order valence-electron chi connectivity index (χ2n) is 6.49. The average molecular weight is 287 g/mol. The third-order valence-corrected chi connectivity index (χ3v) is 4.83. The number of aromatic nitrogens is 2. The van der Waals surface area contributed by atoms with Gasteiger partial charge in [0.25, 0.3) is 0 Å². The number of benzene rings is 1. The van der Waals surface area contributed by atoms with Gasteiger partial charge in [0.1, 0.15) is 11.3 Å². The summed E-state index contributed by atoms with van der Waals surface area (Å²) in [6, 6.07) is 5.88. The van der Waals surface area contributed by atoms with E-state index < -0.39 is 0 Å². The molecule has 1 saturated heterocycles. The standard InChI is InChI=1S/C17H22FN3/c18-14-4-1-5-15-17(14)20-16(21(15)13-7-8-13)9-6-12-3-2-10-19-11-12/h1,4-5,12-13,19H,2-3,6-11H2. The Morgan fingerprint density at radius 2 is 2.19 bits per heavy atom. The van der Waals surface area contributed by atoms with Gasteiger partial charge in [0.15, 0.2) is 5.82 Å². The van der Waals surface area contributed by atoms with E-state index in [2.05, 4.69) is 14.9 Å². The van der Waals surface area contributed by atoms with Crippen LogP contribution in [0.25, 0.3) is 11.0 Å². The monoisotopic (exact) mass is 287 g/mol. The van der Waals surface area contributed by atoms with E-state index in [0.29, 0.717) is 11.6 Å². The molecule has 0 radical (unpaired) electrons. The van der Waals surface area contributed by atoms with Crippen molar-refractivity contribution < 1.29 is 4.39 Å². The highest BCUT2D eigenvalue weighted by Crippen LogP contribution is 2.39. The van der Waals surface area contributed by atoms with Crippen LogP contribution in [0.15, 0.2) is 18.2 Å². The molecular formula is C17H22FN3. The second-order valence-corrected chi connectivity index (χ2v) is 6.49. The molecular weight excluding hydrogens is 265 g/mol. The molecule has 2 fully saturated rings. The normalized spacial score (nSPS) is 22.8. The molecule has 1 saturated carbocycles. The van der Waals surface area contributed by atoms with Gasteiger partial charge in [-0.2, -0.15) is 0 Å². The van der Waals surface area contributed by atoms with Crippen LogP contribution in [-0.4, -0.2) is 22.6 Å². The van der Waals surface area contributed by atoms with Crippen LogP contribution in [0.4, 0.5) is 4.39 Å². The van der Waals surface area contributed by atoms with Crippen LogP contribution in [-0.2, 0) is 6.42 Å². The Hall–Kier alpha value is -1.42. The second kappa shape index (κ2) is 5.41. The fraction of sp³-hybridized carbons (Fsp3) is 0.588. The van der Waals surface area contributed by atoms with E-state index >= 15 is 0 Å². The molecule has 1 N–H and O–H groups in total. The highest BCUT2D eigenvalue weighted by molar-refractivity contribution is 5.77. The highest BCUT2D eigenvalue weighted by Gasteiger charge is 2.29. The Labute approximate surface area is 124 Å². The van der Waals surface area contributed by atoms with E-state index in [9.17, 15) is 4.39 Å². The highest BCUT2D eigenvalue weighted by atomic mass is 19.1. The molecule has 1 aromatic heterocycles. The van der Waals surface area contributed by atoms with Crippen molar-refractivity contribution in [3.63, 3.8) is 0 Å². The molecule has 1 aliphatic carbocycles. The average Bonchev–Trinajstić information content (AvgIpc) is 3.27. The number of aryl methyl sites for hydroxylation is 1. The predicted octanol–water partition coefficient (Wildman–Crippen LogP) is 3.44. The predicted molar refractivity (Wildman–Crippen MR) is 81.9 cm³/mol. The number of hydrogen-bond donors (Lipinski definition) is 1. The fourth-order valence-corrected chi connectivity index (χ4v) is 3.55. The molecule has 1 unspecified atom stereocenters. The Bertz CT molecular complexity index is 639. The summed E-state index contributed by atoms with van der Waals surface area (Å²) >= 11 is 0. The van der Waals surface area contributed by atoms with E-state index in [1.165, 1.54) is 31.7 Å². The Balaban J connectivity index is 1.61. The van der Waals surface area contributed by atoms with E-state index in [0.717, 1.165) is 43.2 Å². The van der Waals surface area contributed by atoms with Gasteiger partial charge in [-0.25, -0.2) is 9.37 Å². The maximum absolute atomic E-state index is 14.0. The van der Waals surface area contributed by atoms with Gasteiger partial charge < -0.3 is 9.88 Å². The summed E-state index contributed by atoms with van der Waals surface area (Å²) < 4.78 is 16.3. The number of fused-ring (bicyclic) bond motifs is 1. The maximum Gasteiger partial charge on any atom is 0.151 e. The van der Waals surface area contributed by atoms with Crippen molar-refractivity contribution in [2.24, 2.45) is 5.92 Å². The number of halogens is 1. The van der Waals surface area contributed by atoms with Crippen molar-refractivity contribution in [3.8, 4) is 0 Å². The van der Waals surface area contributed by atoms with Crippen LogP contribution in [0.3, 0.4) is 0 Å². The van der Waals surface area contributed by atoms with Crippen LogP contribution >= 0.6 is 0 Å². The molecule has 1 atom stereocenters. The first kappa shape index (κ1) is 13.3. The molecule has 112 valence electrons. The molecule has 2 aromatic rings. The number of para-hydroxylation sites is 1. The topological polar surface area (TPSA) is 29.9 Å². The first-order valence-corrected chi connectivity index (χ1v) is 8.19. The van der Waals surface area contributed by atoms with E-state index in [4.69, 9.17) is 0 Å². The number of hydrogen-bond acceptors (Lipinski definition) is 2. The minimum atomic E-state index is -0.188. The van der Waals surface area contributed by atoms with E-state index in [1.807, 2.05) is 6.07 Å². The molecule has 2 aliphatic rings. The number of imidazole rings is 1. The van der Waals surface area contributed by atoms with Crippen LogP contribution in [0.1, 0.15) is 44.0 Å².